The third kappa shape index (κ3) is 2.14. The summed E-state index contributed by atoms with van der Waals surface area (Å²) in [6.07, 6.45) is 4.04. The van der Waals surface area contributed by atoms with Crippen molar-refractivity contribution in [1.82, 2.24) is 9.55 Å². The van der Waals surface area contributed by atoms with Crippen molar-refractivity contribution in [1.29, 1.82) is 0 Å². The number of carbonyl (C=O) groups excluding carboxylic acids is 1. The molecule has 0 aliphatic carbocycles. The maximum absolute atomic E-state index is 12.5. The number of aromatic nitrogens is 2. The summed E-state index contributed by atoms with van der Waals surface area (Å²) in [5, 5.41) is 0. The quantitative estimate of drug-likeness (QED) is 0.739. The molecule has 1 saturated heterocycles. The number of hydrogen-bond acceptors (Lipinski definition) is 3. The molecule has 0 radical (unpaired) electrons. The van der Waals surface area contributed by atoms with E-state index in [1.807, 2.05) is 34.7 Å². The molecule has 1 fully saturated rings. The van der Waals surface area contributed by atoms with Crippen LogP contribution in [0.3, 0.4) is 0 Å². The van der Waals surface area contributed by atoms with Crippen LogP contribution in [0.1, 0.15) is 44.6 Å². The average molecular weight is 236 g/mol. The number of ketones is 1. The number of Topliss-reactive ketones (excluding diaryl/α,β-unsaturated/α-hetero) is 1. The first-order valence-corrected chi connectivity index (χ1v) is 5.94. The molecule has 2 heterocycles. The minimum Gasteiger partial charge on any atom is -0.369 e. The van der Waals surface area contributed by atoms with E-state index in [9.17, 15) is 4.79 Å². The Kier molecular flexibility index (Phi) is 2.65. The Morgan fingerprint density at radius 2 is 2.12 bits per heavy atom. The summed E-state index contributed by atoms with van der Waals surface area (Å²) in [6, 6.07) is 0. The molecule has 4 nitrogen and oxygen atoms in total. The highest BCUT2D eigenvalue weighted by Crippen LogP contribution is 2.43. The Hall–Kier alpha value is -1.16. The summed E-state index contributed by atoms with van der Waals surface area (Å²) < 4.78 is 7.72. The van der Waals surface area contributed by atoms with Gasteiger partial charge in [-0.15, -0.1) is 0 Å². The molecule has 0 N–H and O–H groups in total. The standard InChI is InChI=1S/C13H20N2O2/c1-12(2)6-9(13(3,4)17-12)11(16)10-7-14-8-15(10)5/h7-9H,6H2,1-5H3. The molecule has 94 valence electrons. The fourth-order valence-electron chi connectivity index (χ4n) is 2.74. The average Bonchev–Trinajstić information content (AvgIpc) is 2.66. The predicted molar refractivity (Wildman–Crippen MR) is 64.9 cm³/mol. The second kappa shape index (κ2) is 3.67. The molecule has 1 aliphatic rings. The van der Waals surface area contributed by atoms with Gasteiger partial charge in [0.25, 0.3) is 0 Å². The minimum atomic E-state index is -0.412. The SMILES string of the molecule is Cn1cncc1C(=O)C1CC(C)(C)OC1(C)C. The van der Waals surface area contributed by atoms with E-state index in [0.29, 0.717) is 5.69 Å². The largest absolute Gasteiger partial charge is 0.369 e. The first-order chi connectivity index (χ1) is 7.73. The molecule has 17 heavy (non-hydrogen) atoms. The number of ether oxygens (including phenoxy) is 1. The lowest BCUT2D eigenvalue weighted by molar-refractivity contribution is -0.0712. The van der Waals surface area contributed by atoms with Crippen molar-refractivity contribution in [3.63, 3.8) is 0 Å². The maximum Gasteiger partial charge on any atom is 0.186 e. The van der Waals surface area contributed by atoms with Crippen LogP contribution in [0, 0.1) is 5.92 Å². The van der Waals surface area contributed by atoms with E-state index in [2.05, 4.69) is 4.98 Å². The van der Waals surface area contributed by atoms with Gasteiger partial charge in [-0.05, 0) is 34.1 Å². The van der Waals surface area contributed by atoms with Crippen molar-refractivity contribution in [2.24, 2.45) is 13.0 Å². The molecule has 0 spiro atoms. The Morgan fingerprint density at radius 3 is 2.53 bits per heavy atom. The second-order valence-corrected chi connectivity index (χ2v) is 5.98. The summed E-state index contributed by atoms with van der Waals surface area (Å²) in [5.74, 6) is 0.0217. The number of nitrogens with zero attached hydrogens (tertiary/aromatic N) is 2. The lowest BCUT2D eigenvalue weighted by atomic mass is 9.83. The molecular formula is C13H20N2O2. The summed E-state index contributed by atoms with van der Waals surface area (Å²) in [5.41, 5.74) is 0.0113. The van der Waals surface area contributed by atoms with Crippen LogP contribution in [-0.2, 0) is 11.8 Å². The molecule has 1 unspecified atom stereocenters. The molecule has 1 atom stereocenters. The molecule has 0 aromatic carbocycles. The van der Waals surface area contributed by atoms with E-state index in [0.717, 1.165) is 6.42 Å². The first kappa shape index (κ1) is 12.3. The molecule has 4 heteroatoms. The van der Waals surface area contributed by atoms with Crippen molar-refractivity contribution in [3.8, 4) is 0 Å². The van der Waals surface area contributed by atoms with Gasteiger partial charge in [-0.25, -0.2) is 4.98 Å². The van der Waals surface area contributed by atoms with Gasteiger partial charge >= 0.3 is 0 Å². The van der Waals surface area contributed by atoms with Crippen LogP contribution >= 0.6 is 0 Å². The predicted octanol–water partition coefficient (Wildman–Crippen LogP) is 2.20. The van der Waals surface area contributed by atoms with Crippen LogP contribution in [0.4, 0.5) is 0 Å². The van der Waals surface area contributed by atoms with Crippen molar-refractivity contribution < 1.29 is 9.53 Å². The first-order valence-electron chi connectivity index (χ1n) is 5.94. The normalized spacial score (nSPS) is 26.1. The van der Waals surface area contributed by atoms with Crippen LogP contribution < -0.4 is 0 Å². The summed E-state index contributed by atoms with van der Waals surface area (Å²) in [7, 11) is 1.84. The van der Waals surface area contributed by atoms with E-state index in [1.165, 1.54) is 0 Å². The maximum atomic E-state index is 12.5. The highest BCUT2D eigenvalue weighted by Gasteiger charge is 2.49. The number of imidazole rings is 1. The van der Waals surface area contributed by atoms with Gasteiger partial charge in [0.2, 0.25) is 0 Å². The Balaban J connectivity index is 2.30. The van der Waals surface area contributed by atoms with Gasteiger partial charge in [-0.1, -0.05) is 0 Å². The van der Waals surface area contributed by atoms with E-state index in [4.69, 9.17) is 4.74 Å². The lowest BCUT2D eigenvalue weighted by Gasteiger charge is -2.26. The van der Waals surface area contributed by atoms with Crippen LogP contribution in [0.15, 0.2) is 12.5 Å². The van der Waals surface area contributed by atoms with Crippen LogP contribution in [0.2, 0.25) is 0 Å². The highest BCUT2D eigenvalue weighted by atomic mass is 16.5. The Labute approximate surface area is 102 Å². The smallest absolute Gasteiger partial charge is 0.186 e. The number of carbonyl (C=O) groups is 1. The van der Waals surface area contributed by atoms with Gasteiger partial charge in [0, 0.05) is 7.05 Å². The van der Waals surface area contributed by atoms with E-state index >= 15 is 0 Å². The van der Waals surface area contributed by atoms with Crippen LogP contribution in [0.5, 0.6) is 0 Å². The lowest BCUT2D eigenvalue weighted by Crippen LogP contribution is -2.34. The van der Waals surface area contributed by atoms with Gasteiger partial charge in [0.05, 0.1) is 29.6 Å². The summed E-state index contributed by atoms with van der Waals surface area (Å²) in [4.78, 5) is 16.5. The fraction of sp³-hybridized carbons (Fsp3) is 0.692. The zero-order valence-electron chi connectivity index (χ0n) is 11.2. The van der Waals surface area contributed by atoms with Gasteiger partial charge in [-0.3, -0.25) is 4.79 Å². The van der Waals surface area contributed by atoms with E-state index in [1.54, 1.807) is 17.1 Å². The van der Waals surface area contributed by atoms with Crippen LogP contribution in [0.25, 0.3) is 0 Å². The molecule has 0 amide bonds. The van der Waals surface area contributed by atoms with Gasteiger partial charge < -0.3 is 9.30 Å². The summed E-state index contributed by atoms with van der Waals surface area (Å²) in [6.45, 7) is 8.04. The third-order valence-corrected chi connectivity index (χ3v) is 3.46. The third-order valence-electron chi connectivity index (χ3n) is 3.46. The monoisotopic (exact) mass is 236 g/mol. The van der Waals surface area contributed by atoms with Crippen molar-refractivity contribution >= 4 is 5.78 Å². The molecule has 0 bridgehead atoms. The van der Waals surface area contributed by atoms with E-state index < -0.39 is 5.60 Å². The van der Waals surface area contributed by atoms with Gasteiger partial charge in [-0.2, -0.15) is 0 Å². The molecule has 0 saturated carbocycles. The Morgan fingerprint density at radius 1 is 1.47 bits per heavy atom. The van der Waals surface area contributed by atoms with Crippen molar-refractivity contribution in [2.75, 3.05) is 0 Å². The van der Waals surface area contributed by atoms with Gasteiger partial charge in [0.15, 0.2) is 5.78 Å². The van der Waals surface area contributed by atoms with E-state index in [-0.39, 0.29) is 17.3 Å². The van der Waals surface area contributed by atoms with Crippen molar-refractivity contribution in [2.45, 2.75) is 45.3 Å². The zero-order valence-corrected chi connectivity index (χ0v) is 11.2. The fourth-order valence-corrected chi connectivity index (χ4v) is 2.74. The molecule has 1 aliphatic heterocycles. The molecule has 1 aromatic rings. The topological polar surface area (TPSA) is 44.1 Å². The number of aryl methyl sites for hydroxylation is 1. The molecule has 1 aromatic heterocycles. The molecular weight excluding hydrogens is 216 g/mol. The molecule has 2 rings (SSSR count). The van der Waals surface area contributed by atoms with Gasteiger partial charge in [0.1, 0.15) is 5.69 Å². The zero-order chi connectivity index (χ0) is 12.8. The summed E-state index contributed by atoms with van der Waals surface area (Å²) >= 11 is 0. The minimum absolute atomic E-state index is 0.104. The van der Waals surface area contributed by atoms with Crippen molar-refractivity contribution in [3.05, 3.63) is 18.2 Å². The number of rotatable bonds is 2. The second-order valence-electron chi connectivity index (χ2n) is 5.98. The highest BCUT2D eigenvalue weighted by molar-refractivity contribution is 5.97. The Bertz CT molecular complexity index is 446. The van der Waals surface area contributed by atoms with Crippen LogP contribution in [-0.4, -0.2) is 26.5 Å². The number of hydrogen-bond donors (Lipinski definition) is 0.